The number of hydrogen-bond donors (Lipinski definition) is 1. The molecular formula is C18H14FNOS. The zero-order valence-corrected chi connectivity index (χ0v) is 12.6. The Morgan fingerprint density at radius 2 is 1.68 bits per heavy atom. The Morgan fingerprint density at radius 1 is 0.955 bits per heavy atom. The van der Waals surface area contributed by atoms with Crippen molar-refractivity contribution < 1.29 is 9.18 Å². The summed E-state index contributed by atoms with van der Waals surface area (Å²) in [7, 11) is 0. The third-order valence-electron chi connectivity index (χ3n) is 3.23. The Kier molecular flexibility index (Phi) is 4.39. The van der Waals surface area contributed by atoms with Crippen LogP contribution in [-0.2, 0) is 4.79 Å². The van der Waals surface area contributed by atoms with Crippen LogP contribution in [0.25, 0.3) is 10.8 Å². The van der Waals surface area contributed by atoms with Crippen LogP contribution in [0.15, 0.2) is 71.6 Å². The summed E-state index contributed by atoms with van der Waals surface area (Å²) in [5, 5.41) is 5.04. The van der Waals surface area contributed by atoms with Gasteiger partial charge in [0.1, 0.15) is 5.82 Å². The topological polar surface area (TPSA) is 29.1 Å². The second-order valence-corrected chi connectivity index (χ2v) is 5.85. The molecule has 1 N–H and O–H groups in total. The maximum absolute atomic E-state index is 13.5. The van der Waals surface area contributed by atoms with E-state index in [0.717, 1.165) is 16.5 Å². The summed E-state index contributed by atoms with van der Waals surface area (Å²) < 4.78 is 13.5. The lowest BCUT2D eigenvalue weighted by Gasteiger charge is -2.07. The van der Waals surface area contributed by atoms with Crippen molar-refractivity contribution in [3.05, 3.63) is 72.5 Å². The minimum Gasteiger partial charge on any atom is -0.325 e. The number of hydrogen-bond acceptors (Lipinski definition) is 2. The predicted molar refractivity (Wildman–Crippen MR) is 89.7 cm³/mol. The Labute approximate surface area is 132 Å². The van der Waals surface area contributed by atoms with Crippen molar-refractivity contribution >= 4 is 34.1 Å². The van der Waals surface area contributed by atoms with E-state index in [1.165, 1.54) is 17.8 Å². The lowest BCUT2D eigenvalue weighted by Crippen LogP contribution is -2.14. The number of rotatable bonds is 4. The number of anilines is 1. The summed E-state index contributed by atoms with van der Waals surface area (Å²) in [5.41, 5.74) is 0.748. The quantitative estimate of drug-likeness (QED) is 0.707. The summed E-state index contributed by atoms with van der Waals surface area (Å²) in [6.45, 7) is 0. The van der Waals surface area contributed by atoms with Crippen molar-refractivity contribution in [2.75, 3.05) is 11.1 Å². The van der Waals surface area contributed by atoms with E-state index in [4.69, 9.17) is 0 Å². The van der Waals surface area contributed by atoms with Gasteiger partial charge < -0.3 is 5.32 Å². The molecular weight excluding hydrogens is 297 g/mol. The van der Waals surface area contributed by atoms with Crippen LogP contribution < -0.4 is 5.32 Å². The normalized spacial score (nSPS) is 10.6. The van der Waals surface area contributed by atoms with E-state index in [0.29, 0.717) is 4.90 Å². The predicted octanol–water partition coefficient (Wildman–Crippen LogP) is 4.71. The highest BCUT2D eigenvalue weighted by molar-refractivity contribution is 8.00. The van der Waals surface area contributed by atoms with Gasteiger partial charge in [-0.05, 0) is 35.0 Å². The molecule has 0 aromatic heterocycles. The molecule has 0 atom stereocenters. The lowest BCUT2D eigenvalue weighted by atomic mass is 10.1. The van der Waals surface area contributed by atoms with E-state index in [2.05, 4.69) is 5.32 Å². The SMILES string of the molecule is O=C(CSc1ccccc1F)Nc1ccc2ccccc2c1. The van der Waals surface area contributed by atoms with Crippen molar-refractivity contribution in [3.63, 3.8) is 0 Å². The van der Waals surface area contributed by atoms with E-state index in [1.807, 2.05) is 42.5 Å². The summed E-state index contributed by atoms with van der Waals surface area (Å²) in [4.78, 5) is 12.5. The summed E-state index contributed by atoms with van der Waals surface area (Å²) in [5.74, 6) is -0.275. The molecule has 0 spiro atoms. The minimum absolute atomic E-state index is 0.150. The lowest BCUT2D eigenvalue weighted by molar-refractivity contribution is -0.113. The second kappa shape index (κ2) is 6.62. The van der Waals surface area contributed by atoms with Gasteiger partial charge in [0.05, 0.1) is 5.75 Å². The molecule has 22 heavy (non-hydrogen) atoms. The van der Waals surface area contributed by atoms with Crippen LogP contribution >= 0.6 is 11.8 Å². The number of carbonyl (C=O) groups is 1. The molecule has 0 radical (unpaired) electrons. The highest BCUT2D eigenvalue weighted by Crippen LogP contribution is 2.22. The van der Waals surface area contributed by atoms with E-state index in [-0.39, 0.29) is 17.5 Å². The minimum atomic E-state index is -0.300. The first kappa shape index (κ1) is 14.6. The molecule has 4 heteroatoms. The van der Waals surface area contributed by atoms with E-state index < -0.39 is 0 Å². The number of benzene rings is 3. The van der Waals surface area contributed by atoms with E-state index in [9.17, 15) is 9.18 Å². The number of amides is 1. The number of halogens is 1. The van der Waals surface area contributed by atoms with Crippen LogP contribution in [0.1, 0.15) is 0 Å². The molecule has 110 valence electrons. The first-order chi connectivity index (χ1) is 10.7. The van der Waals surface area contributed by atoms with E-state index in [1.54, 1.807) is 18.2 Å². The maximum Gasteiger partial charge on any atom is 0.234 e. The molecule has 0 heterocycles. The molecule has 0 bridgehead atoms. The molecule has 3 aromatic rings. The summed E-state index contributed by atoms with van der Waals surface area (Å²) >= 11 is 1.19. The van der Waals surface area contributed by atoms with Crippen molar-refractivity contribution in [2.24, 2.45) is 0 Å². The maximum atomic E-state index is 13.5. The Morgan fingerprint density at radius 3 is 2.50 bits per heavy atom. The van der Waals surface area contributed by atoms with Gasteiger partial charge in [0, 0.05) is 10.6 Å². The number of thioether (sulfide) groups is 1. The van der Waals surface area contributed by atoms with Crippen molar-refractivity contribution in [1.82, 2.24) is 0 Å². The first-order valence-electron chi connectivity index (χ1n) is 6.88. The molecule has 0 aliphatic rings. The molecule has 0 fully saturated rings. The molecule has 3 aromatic carbocycles. The second-order valence-electron chi connectivity index (χ2n) is 4.83. The fraction of sp³-hybridized carbons (Fsp3) is 0.0556. The zero-order valence-electron chi connectivity index (χ0n) is 11.8. The Bertz CT molecular complexity index is 819. The molecule has 0 saturated carbocycles. The van der Waals surface area contributed by atoms with Crippen molar-refractivity contribution in [3.8, 4) is 0 Å². The number of nitrogens with one attached hydrogen (secondary N) is 1. The van der Waals surface area contributed by atoms with E-state index >= 15 is 0 Å². The zero-order chi connectivity index (χ0) is 15.4. The average molecular weight is 311 g/mol. The van der Waals surface area contributed by atoms with Crippen LogP contribution in [0.5, 0.6) is 0 Å². The molecule has 3 rings (SSSR count). The highest BCUT2D eigenvalue weighted by Gasteiger charge is 2.07. The summed E-state index contributed by atoms with van der Waals surface area (Å²) in [6, 6.07) is 20.2. The van der Waals surface area contributed by atoms with Gasteiger partial charge in [0.2, 0.25) is 5.91 Å². The molecule has 2 nitrogen and oxygen atoms in total. The highest BCUT2D eigenvalue weighted by atomic mass is 32.2. The van der Waals surface area contributed by atoms with Crippen molar-refractivity contribution in [2.45, 2.75) is 4.90 Å². The van der Waals surface area contributed by atoms with Gasteiger partial charge in [-0.15, -0.1) is 11.8 Å². The third kappa shape index (κ3) is 3.46. The van der Waals surface area contributed by atoms with Crippen LogP contribution in [0.2, 0.25) is 0 Å². The number of carbonyl (C=O) groups excluding carboxylic acids is 1. The smallest absolute Gasteiger partial charge is 0.234 e. The van der Waals surface area contributed by atoms with Gasteiger partial charge in [0.15, 0.2) is 0 Å². The van der Waals surface area contributed by atoms with Crippen molar-refractivity contribution in [1.29, 1.82) is 0 Å². The van der Waals surface area contributed by atoms with Crippen LogP contribution in [0.3, 0.4) is 0 Å². The third-order valence-corrected chi connectivity index (χ3v) is 4.28. The average Bonchev–Trinajstić information content (AvgIpc) is 2.54. The standard InChI is InChI=1S/C18H14FNOS/c19-16-7-3-4-8-17(16)22-12-18(21)20-15-10-9-13-5-1-2-6-14(13)11-15/h1-11H,12H2,(H,20,21). The molecule has 1 amide bonds. The van der Waals surface area contributed by atoms with Gasteiger partial charge in [-0.2, -0.15) is 0 Å². The fourth-order valence-corrected chi connectivity index (χ4v) is 2.91. The monoisotopic (exact) mass is 311 g/mol. The fourth-order valence-electron chi connectivity index (χ4n) is 2.17. The van der Waals surface area contributed by atoms with Gasteiger partial charge in [0.25, 0.3) is 0 Å². The van der Waals surface area contributed by atoms with Gasteiger partial charge >= 0.3 is 0 Å². The largest absolute Gasteiger partial charge is 0.325 e. The number of fused-ring (bicyclic) bond motifs is 1. The summed E-state index contributed by atoms with van der Waals surface area (Å²) in [6.07, 6.45) is 0. The molecule has 0 aliphatic carbocycles. The van der Waals surface area contributed by atoms with Gasteiger partial charge in [-0.3, -0.25) is 4.79 Å². The Balaban J connectivity index is 1.64. The van der Waals surface area contributed by atoms with Gasteiger partial charge in [-0.1, -0.05) is 42.5 Å². The van der Waals surface area contributed by atoms with Crippen LogP contribution in [0, 0.1) is 5.82 Å². The molecule has 0 aliphatic heterocycles. The molecule has 0 unspecified atom stereocenters. The van der Waals surface area contributed by atoms with Gasteiger partial charge in [-0.25, -0.2) is 4.39 Å². The van der Waals surface area contributed by atoms with Crippen LogP contribution in [0.4, 0.5) is 10.1 Å². The molecule has 0 saturated heterocycles. The first-order valence-corrected chi connectivity index (χ1v) is 7.87. The Hall–Kier alpha value is -2.33. The van der Waals surface area contributed by atoms with Crippen LogP contribution in [-0.4, -0.2) is 11.7 Å².